The predicted molar refractivity (Wildman–Crippen MR) is 107 cm³/mol. The van der Waals surface area contributed by atoms with Crippen molar-refractivity contribution in [2.75, 3.05) is 21.1 Å². The first kappa shape index (κ1) is 19.8. The van der Waals surface area contributed by atoms with Gasteiger partial charge in [0.05, 0.1) is 11.4 Å². The summed E-state index contributed by atoms with van der Waals surface area (Å²) in [5, 5.41) is 14.6. The number of pyridine rings is 1. The smallest absolute Gasteiger partial charge is 0.242 e. The molecule has 0 aliphatic heterocycles. The number of nitrogens with one attached hydrogen (secondary N) is 2. The second-order valence-electron chi connectivity index (χ2n) is 6.22. The van der Waals surface area contributed by atoms with Gasteiger partial charge in [0.1, 0.15) is 0 Å². The summed E-state index contributed by atoms with van der Waals surface area (Å²) in [4.78, 5) is 4.46. The van der Waals surface area contributed by atoms with Crippen molar-refractivity contribution in [2.45, 2.75) is 18.0 Å². The Morgan fingerprint density at radius 2 is 1.79 bits per heavy atom. The van der Waals surface area contributed by atoms with Gasteiger partial charge in [-0.05, 0) is 23.8 Å². The van der Waals surface area contributed by atoms with E-state index in [0.717, 1.165) is 11.5 Å². The average Bonchev–Trinajstić information content (AvgIpc) is 3.11. The third-order valence-electron chi connectivity index (χ3n) is 4.20. The van der Waals surface area contributed by atoms with E-state index in [2.05, 4.69) is 25.8 Å². The highest BCUT2D eigenvalue weighted by atomic mass is 32.2. The minimum atomic E-state index is -3.52. The minimum absolute atomic E-state index is 0.270. The summed E-state index contributed by atoms with van der Waals surface area (Å²) in [5.41, 5.74) is 1.43. The number of sulfonamides is 1. The number of guanidine groups is 1. The van der Waals surface area contributed by atoms with Crippen molar-refractivity contribution in [2.24, 2.45) is 4.99 Å². The molecule has 148 valence electrons. The molecular formula is C18H23N7O2S. The Kier molecular flexibility index (Phi) is 5.90. The van der Waals surface area contributed by atoms with Crippen LogP contribution in [0.1, 0.15) is 11.4 Å². The van der Waals surface area contributed by atoms with E-state index >= 15 is 0 Å². The molecule has 0 aliphatic carbocycles. The number of hydrogen-bond donors (Lipinski definition) is 2. The Morgan fingerprint density at radius 1 is 1.07 bits per heavy atom. The maximum absolute atomic E-state index is 12.5. The quantitative estimate of drug-likeness (QED) is 0.469. The van der Waals surface area contributed by atoms with Gasteiger partial charge in [-0.3, -0.25) is 9.39 Å². The van der Waals surface area contributed by atoms with Gasteiger partial charge < -0.3 is 10.6 Å². The highest BCUT2D eigenvalue weighted by Gasteiger charge is 2.20. The van der Waals surface area contributed by atoms with Gasteiger partial charge in [0.2, 0.25) is 10.0 Å². The third-order valence-corrected chi connectivity index (χ3v) is 6.11. The zero-order chi connectivity index (χ0) is 20.1. The molecule has 2 N–H and O–H groups in total. The third kappa shape index (κ3) is 4.12. The topological polar surface area (TPSA) is 104 Å². The van der Waals surface area contributed by atoms with Crippen molar-refractivity contribution in [3.05, 3.63) is 60.0 Å². The van der Waals surface area contributed by atoms with Gasteiger partial charge in [-0.2, -0.15) is 0 Å². The Hall–Kier alpha value is -2.98. The van der Waals surface area contributed by atoms with Gasteiger partial charge in [-0.1, -0.05) is 24.3 Å². The van der Waals surface area contributed by atoms with Crippen LogP contribution in [0.3, 0.4) is 0 Å². The van der Waals surface area contributed by atoms with Gasteiger partial charge >= 0.3 is 0 Å². The average molecular weight is 401 g/mol. The van der Waals surface area contributed by atoms with Crippen LogP contribution in [0.5, 0.6) is 0 Å². The second kappa shape index (κ2) is 8.36. The van der Waals surface area contributed by atoms with Crippen molar-refractivity contribution < 1.29 is 8.42 Å². The van der Waals surface area contributed by atoms with Crippen molar-refractivity contribution in [1.82, 2.24) is 29.5 Å². The molecule has 3 rings (SSSR count). The fraction of sp³-hybridized carbons (Fsp3) is 0.278. The number of fused-ring (bicyclic) bond motifs is 1. The predicted octanol–water partition coefficient (Wildman–Crippen LogP) is 0.845. The summed E-state index contributed by atoms with van der Waals surface area (Å²) in [6.07, 6.45) is 1.89. The lowest BCUT2D eigenvalue weighted by Crippen LogP contribution is -2.37. The van der Waals surface area contributed by atoms with Gasteiger partial charge in [0.25, 0.3) is 0 Å². The highest BCUT2D eigenvalue weighted by Crippen LogP contribution is 2.18. The van der Waals surface area contributed by atoms with Crippen LogP contribution < -0.4 is 10.6 Å². The zero-order valence-electron chi connectivity index (χ0n) is 16.0. The molecule has 9 nitrogen and oxygen atoms in total. The zero-order valence-corrected chi connectivity index (χ0v) is 16.8. The molecule has 0 bridgehead atoms. The molecule has 0 saturated heterocycles. The number of benzene rings is 1. The fourth-order valence-electron chi connectivity index (χ4n) is 2.67. The Labute approximate surface area is 164 Å². The second-order valence-corrected chi connectivity index (χ2v) is 8.34. The van der Waals surface area contributed by atoms with Gasteiger partial charge in [-0.15, -0.1) is 10.2 Å². The first-order valence-corrected chi connectivity index (χ1v) is 10.1. The summed E-state index contributed by atoms with van der Waals surface area (Å²) in [5.74, 6) is 1.28. The number of aliphatic imine (C=N–C) groups is 1. The molecule has 0 aliphatic rings. The normalized spacial score (nSPS) is 12.5. The summed E-state index contributed by atoms with van der Waals surface area (Å²) in [7, 11) is 1.16. The molecule has 2 aromatic heterocycles. The van der Waals surface area contributed by atoms with E-state index in [4.69, 9.17) is 0 Å². The van der Waals surface area contributed by atoms with E-state index in [1.165, 1.54) is 18.4 Å². The van der Waals surface area contributed by atoms with Crippen LogP contribution in [-0.2, 0) is 23.1 Å². The largest absolute Gasteiger partial charge is 0.352 e. The maximum atomic E-state index is 12.5. The number of nitrogens with zero attached hydrogens (tertiary/aromatic N) is 5. The van der Waals surface area contributed by atoms with E-state index in [9.17, 15) is 8.42 Å². The lowest BCUT2D eigenvalue weighted by atomic mass is 10.2. The van der Waals surface area contributed by atoms with E-state index in [0.29, 0.717) is 24.6 Å². The lowest BCUT2D eigenvalue weighted by Gasteiger charge is -2.16. The van der Waals surface area contributed by atoms with Crippen molar-refractivity contribution in [3.8, 4) is 0 Å². The molecule has 28 heavy (non-hydrogen) atoms. The summed E-state index contributed by atoms with van der Waals surface area (Å²) < 4.78 is 28.1. The minimum Gasteiger partial charge on any atom is -0.352 e. The van der Waals surface area contributed by atoms with Crippen molar-refractivity contribution in [1.29, 1.82) is 0 Å². The summed E-state index contributed by atoms with van der Waals surface area (Å²) in [6, 6.07) is 12.6. The van der Waals surface area contributed by atoms with Gasteiger partial charge in [0.15, 0.2) is 17.4 Å². The Bertz CT molecular complexity index is 1090. The fourth-order valence-corrected chi connectivity index (χ4v) is 3.79. The van der Waals surface area contributed by atoms with Crippen molar-refractivity contribution in [3.63, 3.8) is 0 Å². The van der Waals surface area contributed by atoms with Crippen LogP contribution in [0.4, 0.5) is 0 Å². The number of hydrogen-bond acceptors (Lipinski definition) is 5. The molecule has 0 saturated carbocycles. The molecule has 0 atom stereocenters. The summed E-state index contributed by atoms with van der Waals surface area (Å²) in [6.45, 7) is 0.728. The highest BCUT2D eigenvalue weighted by molar-refractivity contribution is 7.89. The van der Waals surface area contributed by atoms with Crippen LogP contribution in [0.25, 0.3) is 5.65 Å². The molecular weight excluding hydrogens is 378 g/mol. The molecule has 0 radical (unpaired) electrons. The first-order chi connectivity index (χ1) is 13.4. The van der Waals surface area contributed by atoms with Crippen LogP contribution in [0, 0.1) is 0 Å². The van der Waals surface area contributed by atoms with E-state index in [-0.39, 0.29) is 4.90 Å². The number of rotatable bonds is 6. The van der Waals surface area contributed by atoms with Crippen LogP contribution in [0.15, 0.2) is 58.5 Å². The van der Waals surface area contributed by atoms with Crippen LogP contribution in [-0.4, -0.2) is 54.4 Å². The molecule has 0 spiro atoms. The van der Waals surface area contributed by atoms with Gasteiger partial charge in [-0.25, -0.2) is 12.7 Å². The van der Waals surface area contributed by atoms with E-state index in [1.54, 1.807) is 25.2 Å². The standard InChI is InChI=1S/C18H23N7O2S/c1-19-18(21-13-17-23-22-16-10-6-7-11-25(16)17)20-12-14-8-4-5-9-15(14)28(26,27)24(2)3/h4-11H,12-13H2,1-3H3,(H2,19,20,21). The lowest BCUT2D eigenvalue weighted by molar-refractivity contribution is 0.519. The SMILES string of the molecule is CN=C(NCc1ccccc1S(=O)(=O)N(C)C)NCc1nnc2ccccn12. The Morgan fingerprint density at radius 3 is 2.54 bits per heavy atom. The monoisotopic (exact) mass is 401 g/mol. The molecule has 1 aromatic carbocycles. The van der Waals surface area contributed by atoms with Crippen LogP contribution >= 0.6 is 0 Å². The number of aromatic nitrogens is 3. The van der Waals surface area contributed by atoms with E-state index in [1.807, 2.05) is 34.9 Å². The maximum Gasteiger partial charge on any atom is 0.242 e. The van der Waals surface area contributed by atoms with Crippen LogP contribution in [0.2, 0.25) is 0 Å². The molecule has 0 unspecified atom stereocenters. The molecule has 10 heteroatoms. The van der Waals surface area contributed by atoms with Gasteiger partial charge in [0, 0.05) is 33.9 Å². The summed E-state index contributed by atoms with van der Waals surface area (Å²) >= 11 is 0. The molecule has 2 heterocycles. The molecule has 0 amide bonds. The first-order valence-electron chi connectivity index (χ1n) is 8.67. The molecule has 3 aromatic rings. The van der Waals surface area contributed by atoms with Crippen molar-refractivity contribution >= 4 is 21.6 Å². The van der Waals surface area contributed by atoms with E-state index < -0.39 is 10.0 Å². The Balaban J connectivity index is 1.69. The molecule has 0 fully saturated rings.